The molecular weight excluding hydrogens is 376 g/mol. The summed E-state index contributed by atoms with van der Waals surface area (Å²) in [5.41, 5.74) is 2.04. The number of benzene rings is 3. The van der Waals surface area contributed by atoms with Crippen LogP contribution in [-0.4, -0.2) is 20.9 Å². The fourth-order valence-electron chi connectivity index (χ4n) is 3.41. The average molecular weight is 400 g/mol. The third-order valence-corrected chi connectivity index (χ3v) is 4.91. The van der Waals surface area contributed by atoms with Crippen LogP contribution in [0.1, 0.15) is 25.1 Å². The van der Waals surface area contributed by atoms with Gasteiger partial charge in [0, 0.05) is 11.5 Å². The first-order valence-electron chi connectivity index (χ1n) is 9.77. The minimum atomic E-state index is -0.975. The highest BCUT2D eigenvalue weighted by molar-refractivity contribution is 6.06. The number of hydrogen-bond donors (Lipinski definition) is 3. The lowest BCUT2D eigenvalue weighted by Crippen LogP contribution is -2.21. The summed E-state index contributed by atoms with van der Waals surface area (Å²) in [5.74, 6) is 0.540. The molecule has 152 valence electrons. The minimum Gasteiger partial charge on any atom is -0.386 e. The first-order chi connectivity index (χ1) is 14.3. The zero-order valence-electron chi connectivity index (χ0n) is 17.2. The van der Waals surface area contributed by atoms with Crippen LogP contribution < -0.4 is 10.6 Å². The number of aromatic nitrogens is 2. The Bertz CT molecular complexity index is 1220. The SMILES string of the molecule is Cc1cc(NC(=O)Nc2cccc3ccccc23)n(-c2cccc(C(C)(C)O)c2)n1. The second kappa shape index (κ2) is 7.65. The van der Waals surface area contributed by atoms with Crippen LogP contribution in [-0.2, 0) is 5.60 Å². The molecule has 0 bridgehead atoms. The number of nitrogens with one attached hydrogen (secondary N) is 2. The van der Waals surface area contributed by atoms with Crippen molar-refractivity contribution in [3.8, 4) is 5.69 Å². The molecule has 3 aromatic carbocycles. The van der Waals surface area contributed by atoms with Gasteiger partial charge in [0.1, 0.15) is 5.82 Å². The molecule has 4 aromatic rings. The number of urea groups is 1. The van der Waals surface area contributed by atoms with Gasteiger partial charge in [-0.3, -0.25) is 5.32 Å². The largest absolute Gasteiger partial charge is 0.386 e. The van der Waals surface area contributed by atoms with Crippen LogP contribution in [0, 0.1) is 6.92 Å². The highest BCUT2D eigenvalue weighted by atomic mass is 16.3. The van der Waals surface area contributed by atoms with E-state index in [-0.39, 0.29) is 6.03 Å². The van der Waals surface area contributed by atoms with Crippen LogP contribution in [0.2, 0.25) is 0 Å². The van der Waals surface area contributed by atoms with E-state index in [9.17, 15) is 9.90 Å². The smallest absolute Gasteiger partial charge is 0.324 e. The lowest BCUT2D eigenvalue weighted by Gasteiger charge is -2.19. The summed E-state index contributed by atoms with van der Waals surface area (Å²) in [6.07, 6.45) is 0. The molecule has 0 saturated heterocycles. The van der Waals surface area contributed by atoms with Crippen molar-refractivity contribution in [2.45, 2.75) is 26.4 Å². The Morgan fingerprint density at radius 1 is 0.967 bits per heavy atom. The number of nitrogens with zero attached hydrogens (tertiary/aromatic N) is 2. The maximum absolute atomic E-state index is 12.7. The van der Waals surface area contributed by atoms with Gasteiger partial charge in [-0.15, -0.1) is 0 Å². The second-order valence-electron chi connectivity index (χ2n) is 7.80. The molecule has 0 atom stereocenters. The number of carbonyl (C=O) groups excluding carboxylic acids is 1. The summed E-state index contributed by atoms with van der Waals surface area (Å²) in [7, 11) is 0. The Kier molecular flexibility index (Phi) is 5.01. The molecule has 2 amide bonds. The first kappa shape index (κ1) is 19.7. The molecule has 1 aromatic heterocycles. The van der Waals surface area contributed by atoms with E-state index >= 15 is 0 Å². The second-order valence-corrected chi connectivity index (χ2v) is 7.80. The number of hydrogen-bond acceptors (Lipinski definition) is 3. The van der Waals surface area contributed by atoms with Crippen molar-refractivity contribution in [1.82, 2.24) is 9.78 Å². The van der Waals surface area contributed by atoms with Gasteiger partial charge < -0.3 is 10.4 Å². The molecule has 0 aliphatic heterocycles. The van der Waals surface area contributed by atoms with E-state index in [0.29, 0.717) is 5.82 Å². The van der Waals surface area contributed by atoms with Gasteiger partial charge >= 0.3 is 6.03 Å². The topological polar surface area (TPSA) is 79.2 Å². The highest BCUT2D eigenvalue weighted by Gasteiger charge is 2.18. The van der Waals surface area contributed by atoms with Gasteiger partial charge in [0.25, 0.3) is 0 Å². The summed E-state index contributed by atoms with van der Waals surface area (Å²) >= 11 is 0. The summed E-state index contributed by atoms with van der Waals surface area (Å²) in [6, 6.07) is 22.6. The molecule has 4 rings (SSSR count). The van der Waals surface area contributed by atoms with Crippen molar-refractivity contribution in [3.05, 3.63) is 84.1 Å². The zero-order valence-corrected chi connectivity index (χ0v) is 17.2. The van der Waals surface area contributed by atoms with E-state index in [4.69, 9.17) is 0 Å². The lowest BCUT2D eigenvalue weighted by atomic mass is 9.98. The monoisotopic (exact) mass is 400 g/mol. The number of amides is 2. The van der Waals surface area contributed by atoms with Gasteiger partial charge in [0.15, 0.2) is 0 Å². The van der Waals surface area contributed by atoms with Crippen LogP contribution in [0.25, 0.3) is 16.5 Å². The molecule has 0 fully saturated rings. The first-order valence-corrected chi connectivity index (χ1v) is 9.77. The molecule has 6 nitrogen and oxygen atoms in total. The van der Waals surface area contributed by atoms with Crippen LogP contribution >= 0.6 is 0 Å². The number of carbonyl (C=O) groups is 1. The van der Waals surface area contributed by atoms with Gasteiger partial charge in [0.2, 0.25) is 0 Å². The van der Waals surface area contributed by atoms with Gasteiger partial charge in [-0.25, -0.2) is 9.48 Å². The van der Waals surface area contributed by atoms with E-state index in [1.165, 1.54) is 0 Å². The van der Waals surface area contributed by atoms with Crippen molar-refractivity contribution in [2.75, 3.05) is 10.6 Å². The molecular formula is C24H24N4O2. The number of aliphatic hydroxyl groups is 1. The Hall–Kier alpha value is -3.64. The van der Waals surface area contributed by atoms with Crippen molar-refractivity contribution >= 4 is 28.3 Å². The molecule has 6 heteroatoms. The number of fused-ring (bicyclic) bond motifs is 1. The third-order valence-electron chi connectivity index (χ3n) is 4.91. The van der Waals surface area contributed by atoms with Crippen LogP contribution in [0.3, 0.4) is 0 Å². The molecule has 0 spiro atoms. The molecule has 0 aliphatic carbocycles. The van der Waals surface area contributed by atoms with Crippen molar-refractivity contribution in [1.29, 1.82) is 0 Å². The van der Waals surface area contributed by atoms with Crippen molar-refractivity contribution in [3.63, 3.8) is 0 Å². The Labute approximate surface area is 175 Å². The predicted octanol–water partition coefficient (Wildman–Crippen LogP) is 5.21. The van der Waals surface area contributed by atoms with Crippen molar-refractivity contribution < 1.29 is 9.90 Å². The van der Waals surface area contributed by atoms with Gasteiger partial charge in [0.05, 0.1) is 22.7 Å². The molecule has 1 heterocycles. The van der Waals surface area contributed by atoms with Gasteiger partial charge in [-0.05, 0) is 49.9 Å². The van der Waals surface area contributed by atoms with E-state index in [1.807, 2.05) is 73.7 Å². The summed E-state index contributed by atoms with van der Waals surface area (Å²) in [5, 5.41) is 22.7. The Morgan fingerprint density at radius 3 is 2.50 bits per heavy atom. The van der Waals surface area contributed by atoms with Gasteiger partial charge in [-0.1, -0.05) is 48.5 Å². The van der Waals surface area contributed by atoms with Gasteiger partial charge in [-0.2, -0.15) is 5.10 Å². The summed E-state index contributed by atoms with van der Waals surface area (Å²) < 4.78 is 1.66. The zero-order chi connectivity index (χ0) is 21.3. The van der Waals surface area contributed by atoms with Crippen LogP contribution in [0.4, 0.5) is 16.3 Å². The fourth-order valence-corrected chi connectivity index (χ4v) is 3.41. The fraction of sp³-hybridized carbons (Fsp3) is 0.167. The van der Waals surface area contributed by atoms with Crippen LogP contribution in [0.5, 0.6) is 0 Å². The summed E-state index contributed by atoms with van der Waals surface area (Å²) in [4.78, 5) is 12.7. The van der Waals surface area contributed by atoms with Crippen LogP contribution in [0.15, 0.2) is 72.8 Å². The predicted molar refractivity (Wildman–Crippen MR) is 120 cm³/mol. The highest BCUT2D eigenvalue weighted by Crippen LogP contribution is 2.25. The minimum absolute atomic E-state index is 0.355. The molecule has 0 aliphatic rings. The van der Waals surface area contributed by atoms with E-state index in [2.05, 4.69) is 15.7 Å². The Morgan fingerprint density at radius 2 is 1.70 bits per heavy atom. The number of anilines is 2. The maximum atomic E-state index is 12.7. The normalized spacial score (nSPS) is 11.5. The number of aryl methyl sites for hydroxylation is 1. The van der Waals surface area contributed by atoms with E-state index in [1.54, 1.807) is 24.6 Å². The van der Waals surface area contributed by atoms with Crippen molar-refractivity contribution in [2.24, 2.45) is 0 Å². The number of rotatable bonds is 4. The van der Waals surface area contributed by atoms with E-state index in [0.717, 1.165) is 33.4 Å². The molecule has 0 unspecified atom stereocenters. The molecule has 0 saturated carbocycles. The maximum Gasteiger partial charge on any atom is 0.324 e. The Balaban J connectivity index is 1.61. The quantitative estimate of drug-likeness (QED) is 0.440. The average Bonchev–Trinajstić information content (AvgIpc) is 3.07. The lowest BCUT2D eigenvalue weighted by molar-refractivity contribution is 0.0786. The molecule has 3 N–H and O–H groups in total. The standard InChI is InChI=1S/C24H24N4O2/c1-16-14-22(28(27-16)19-11-7-10-18(15-19)24(2,3)30)26-23(29)25-21-13-6-9-17-8-4-5-12-20(17)21/h4-15,30H,1-3H3,(H2,25,26,29). The third kappa shape index (κ3) is 4.04. The molecule has 30 heavy (non-hydrogen) atoms. The summed E-state index contributed by atoms with van der Waals surface area (Å²) in [6.45, 7) is 5.33. The molecule has 0 radical (unpaired) electrons. The van der Waals surface area contributed by atoms with E-state index < -0.39 is 5.60 Å².